The minimum atomic E-state index is -5.08. The van der Waals surface area contributed by atoms with Crippen molar-refractivity contribution in [2.75, 3.05) is 5.32 Å². The number of benzene rings is 2. The van der Waals surface area contributed by atoms with Gasteiger partial charge in [-0.1, -0.05) is 6.07 Å². The number of alkyl halides is 3. The number of piperidine rings is 1. The third kappa shape index (κ3) is 10.1. The van der Waals surface area contributed by atoms with E-state index in [0.29, 0.717) is 22.7 Å². The molecule has 0 atom stereocenters. The fourth-order valence-corrected chi connectivity index (χ4v) is 4.34. The van der Waals surface area contributed by atoms with Gasteiger partial charge in [-0.15, -0.1) is 0 Å². The van der Waals surface area contributed by atoms with E-state index in [1.54, 1.807) is 36.4 Å². The number of carboxylic acid groups (broad SMARTS) is 1. The maximum absolute atomic E-state index is 12.7. The molecule has 3 rings (SSSR count). The third-order valence-electron chi connectivity index (χ3n) is 5.27. The van der Waals surface area contributed by atoms with E-state index in [-0.39, 0.29) is 28.9 Å². The number of halogens is 3. The molecule has 1 aliphatic heterocycles. The van der Waals surface area contributed by atoms with Crippen LogP contribution in [0.5, 0.6) is 11.5 Å². The zero-order valence-electron chi connectivity index (χ0n) is 21.3. The number of anilines is 1. The first-order valence-electron chi connectivity index (χ1n) is 11.5. The fraction of sp³-hybridized carbons (Fsp3) is 0.423. The summed E-state index contributed by atoms with van der Waals surface area (Å²) in [5, 5.41) is 16.7. The standard InChI is InChI=1S/C24H31N3O3.C2HF3O2/c1-16(28)25-18-7-6-8-21(13-18)30-20-11-9-17(10-12-20)22(29)26-19-14-23(2,3)27-24(4,5)15-19;3-2(4,5)1(6)7/h6-13,19,27H,14-15H2,1-5H3,(H,25,28)(H,26,29);(H,6,7). The number of carboxylic acids is 1. The summed E-state index contributed by atoms with van der Waals surface area (Å²) in [6, 6.07) is 14.4. The average Bonchev–Trinajstić information content (AvgIpc) is 2.71. The maximum Gasteiger partial charge on any atom is 0.490 e. The molecule has 11 heteroatoms. The molecule has 1 aliphatic rings. The van der Waals surface area contributed by atoms with Crippen LogP contribution in [0.25, 0.3) is 0 Å². The first-order chi connectivity index (χ1) is 17.0. The van der Waals surface area contributed by atoms with Gasteiger partial charge < -0.3 is 25.8 Å². The van der Waals surface area contributed by atoms with E-state index in [4.69, 9.17) is 14.6 Å². The maximum atomic E-state index is 12.7. The van der Waals surface area contributed by atoms with Crippen molar-refractivity contribution in [3.8, 4) is 11.5 Å². The molecule has 1 saturated heterocycles. The van der Waals surface area contributed by atoms with E-state index >= 15 is 0 Å². The second-order valence-corrected chi connectivity index (χ2v) is 10.1. The van der Waals surface area contributed by atoms with Crippen molar-refractivity contribution in [2.24, 2.45) is 0 Å². The Morgan fingerprint density at radius 3 is 2.00 bits per heavy atom. The Morgan fingerprint density at radius 2 is 1.51 bits per heavy atom. The summed E-state index contributed by atoms with van der Waals surface area (Å²) in [5.74, 6) is -1.74. The number of carbonyl (C=O) groups excluding carboxylic acids is 2. The van der Waals surface area contributed by atoms with Gasteiger partial charge in [-0.3, -0.25) is 9.59 Å². The predicted molar refractivity (Wildman–Crippen MR) is 133 cm³/mol. The van der Waals surface area contributed by atoms with Crippen molar-refractivity contribution in [1.82, 2.24) is 10.6 Å². The van der Waals surface area contributed by atoms with Crippen molar-refractivity contribution in [3.63, 3.8) is 0 Å². The Kier molecular flexibility index (Phi) is 9.32. The van der Waals surface area contributed by atoms with Gasteiger partial charge in [-0.05, 0) is 76.9 Å². The second-order valence-electron chi connectivity index (χ2n) is 10.1. The molecule has 4 N–H and O–H groups in total. The first kappa shape index (κ1) is 29.6. The number of rotatable bonds is 5. The Hall–Kier alpha value is -3.60. The van der Waals surface area contributed by atoms with Gasteiger partial charge in [-0.25, -0.2) is 4.79 Å². The van der Waals surface area contributed by atoms with Crippen LogP contribution in [0.1, 0.15) is 57.8 Å². The number of aliphatic carboxylic acids is 1. The van der Waals surface area contributed by atoms with E-state index in [9.17, 15) is 22.8 Å². The van der Waals surface area contributed by atoms with Crippen LogP contribution < -0.4 is 20.7 Å². The molecule has 0 aromatic heterocycles. The van der Waals surface area contributed by atoms with E-state index in [2.05, 4.69) is 43.6 Å². The quantitative estimate of drug-likeness (QED) is 0.433. The Balaban J connectivity index is 0.000000604. The van der Waals surface area contributed by atoms with Crippen molar-refractivity contribution in [2.45, 2.75) is 70.8 Å². The van der Waals surface area contributed by atoms with Gasteiger partial charge in [-0.2, -0.15) is 13.2 Å². The van der Waals surface area contributed by atoms with E-state index in [0.717, 1.165) is 12.8 Å². The Morgan fingerprint density at radius 1 is 0.973 bits per heavy atom. The molecule has 0 radical (unpaired) electrons. The van der Waals surface area contributed by atoms with Crippen LogP contribution in [0.15, 0.2) is 48.5 Å². The van der Waals surface area contributed by atoms with Crippen LogP contribution >= 0.6 is 0 Å². The molecule has 1 heterocycles. The monoisotopic (exact) mass is 523 g/mol. The number of hydrogen-bond acceptors (Lipinski definition) is 5. The molecule has 2 aromatic rings. The molecule has 8 nitrogen and oxygen atoms in total. The van der Waals surface area contributed by atoms with Gasteiger partial charge in [0.15, 0.2) is 0 Å². The van der Waals surface area contributed by atoms with Crippen LogP contribution in [0.4, 0.5) is 18.9 Å². The third-order valence-corrected chi connectivity index (χ3v) is 5.27. The summed E-state index contributed by atoms with van der Waals surface area (Å²) in [6.45, 7) is 10.1. The first-order valence-corrected chi connectivity index (χ1v) is 11.5. The fourth-order valence-electron chi connectivity index (χ4n) is 4.34. The zero-order chi connectivity index (χ0) is 28.0. The van der Waals surface area contributed by atoms with Gasteiger partial charge >= 0.3 is 12.1 Å². The number of hydrogen-bond donors (Lipinski definition) is 4. The molecule has 37 heavy (non-hydrogen) atoms. The molecule has 202 valence electrons. The molecular formula is C26H32F3N3O5. The van der Waals surface area contributed by atoms with Gasteiger partial charge in [0.05, 0.1) is 0 Å². The highest BCUT2D eigenvalue weighted by molar-refractivity contribution is 5.94. The van der Waals surface area contributed by atoms with Crippen LogP contribution in [0, 0.1) is 0 Å². The molecule has 2 amide bonds. The summed E-state index contributed by atoms with van der Waals surface area (Å²) in [7, 11) is 0. The second kappa shape index (κ2) is 11.6. The topological polar surface area (TPSA) is 117 Å². The van der Waals surface area contributed by atoms with Crippen LogP contribution in [0.3, 0.4) is 0 Å². The van der Waals surface area contributed by atoms with E-state index in [1.807, 2.05) is 12.1 Å². The van der Waals surface area contributed by atoms with Gasteiger partial charge in [0, 0.05) is 41.4 Å². The molecule has 2 aromatic carbocycles. The number of ether oxygens (including phenoxy) is 1. The van der Waals surface area contributed by atoms with Gasteiger partial charge in [0.25, 0.3) is 5.91 Å². The Labute approximate surface area is 213 Å². The minimum absolute atomic E-state index is 0.0246. The smallest absolute Gasteiger partial charge is 0.475 e. The summed E-state index contributed by atoms with van der Waals surface area (Å²) >= 11 is 0. The molecule has 0 spiro atoms. The lowest BCUT2D eigenvalue weighted by molar-refractivity contribution is -0.192. The molecule has 1 fully saturated rings. The number of nitrogens with one attached hydrogen (secondary N) is 3. The van der Waals surface area contributed by atoms with Crippen LogP contribution in [0.2, 0.25) is 0 Å². The summed E-state index contributed by atoms with van der Waals surface area (Å²) < 4.78 is 37.6. The van der Waals surface area contributed by atoms with E-state index in [1.165, 1.54) is 6.92 Å². The highest BCUT2D eigenvalue weighted by Gasteiger charge is 2.39. The molecule has 0 aliphatic carbocycles. The lowest BCUT2D eigenvalue weighted by atomic mass is 9.79. The highest BCUT2D eigenvalue weighted by atomic mass is 19.4. The van der Waals surface area contributed by atoms with Crippen LogP contribution in [-0.2, 0) is 9.59 Å². The Bertz CT molecular complexity index is 1100. The lowest BCUT2D eigenvalue weighted by Crippen LogP contribution is -2.62. The van der Waals surface area contributed by atoms with Gasteiger partial charge in [0.2, 0.25) is 5.91 Å². The van der Waals surface area contributed by atoms with Crippen molar-refractivity contribution >= 4 is 23.5 Å². The largest absolute Gasteiger partial charge is 0.490 e. The van der Waals surface area contributed by atoms with Crippen molar-refractivity contribution < 1.29 is 37.4 Å². The van der Waals surface area contributed by atoms with E-state index < -0.39 is 12.1 Å². The number of amides is 2. The normalized spacial score (nSPS) is 16.5. The summed E-state index contributed by atoms with van der Waals surface area (Å²) in [6.07, 6.45) is -3.32. The number of carbonyl (C=O) groups is 3. The molecular weight excluding hydrogens is 491 g/mol. The van der Waals surface area contributed by atoms with Crippen molar-refractivity contribution in [3.05, 3.63) is 54.1 Å². The minimum Gasteiger partial charge on any atom is -0.475 e. The molecule has 0 bridgehead atoms. The molecule has 0 saturated carbocycles. The average molecular weight is 524 g/mol. The van der Waals surface area contributed by atoms with Gasteiger partial charge in [0.1, 0.15) is 11.5 Å². The summed E-state index contributed by atoms with van der Waals surface area (Å²) in [5.41, 5.74) is 1.22. The highest BCUT2D eigenvalue weighted by Crippen LogP contribution is 2.29. The zero-order valence-corrected chi connectivity index (χ0v) is 21.3. The van der Waals surface area contributed by atoms with Crippen LogP contribution in [-0.4, -0.2) is 46.2 Å². The SMILES string of the molecule is CC(=O)Nc1cccc(Oc2ccc(C(=O)NC3CC(C)(C)NC(C)(C)C3)cc2)c1.O=C(O)C(F)(F)F. The van der Waals surface area contributed by atoms with Crippen molar-refractivity contribution in [1.29, 1.82) is 0 Å². The predicted octanol–water partition coefficient (Wildman–Crippen LogP) is 5.11. The molecule has 0 unspecified atom stereocenters. The summed E-state index contributed by atoms with van der Waals surface area (Å²) in [4.78, 5) is 32.8. The lowest BCUT2D eigenvalue weighted by Gasteiger charge is -2.46.